The predicted molar refractivity (Wildman–Crippen MR) is 207 cm³/mol. The summed E-state index contributed by atoms with van der Waals surface area (Å²) in [6.45, 7) is 5.94. The lowest BCUT2D eigenvalue weighted by atomic mass is 10.0. The summed E-state index contributed by atoms with van der Waals surface area (Å²) in [7, 11) is -4.30. The molecule has 0 aliphatic heterocycles. The molecule has 0 radical (unpaired) electrons. The van der Waals surface area contributed by atoms with Gasteiger partial charge in [-0.1, -0.05) is 168 Å². The zero-order valence-electron chi connectivity index (χ0n) is 32.8. The Morgan fingerprint density at radius 1 is 0.520 bits per heavy atom. The Kier molecular flexibility index (Phi) is 36.6. The van der Waals surface area contributed by atoms with Gasteiger partial charge in [-0.25, -0.2) is 4.57 Å². The first-order valence-corrected chi connectivity index (χ1v) is 22.5. The summed E-state index contributed by atoms with van der Waals surface area (Å²) in [5.41, 5.74) is 0. The smallest absolute Gasteiger partial charge is 0.462 e. The van der Waals surface area contributed by atoms with E-state index in [1.165, 1.54) is 109 Å². The number of hydrogen-bond acceptors (Lipinski definition) is 7. The minimum absolute atomic E-state index is 0.0956. The molecule has 296 valence electrons. The van der Waals surface area contributed by atoms with Crippen molar-refractivity contribution in [3.8, 4) is 0 Å². The van der Waals surface area contributed by atoms with Crippen molar-refractivity contribution >= 4 is 19.8 Å². The predicted octanol–water partition coefficient (Wildman–Crippen LogP) is 12.9. The second-order valence-electron chi connectivity index (χ2n) is 14.1. The molecule has 0 aromatic heterocycles. The van der Waals surface area contributed by atoms with Crippen LogP contribution < -0.4 is 0 Å². The molecule has 1 unspecified atom stereocenters. The van der Waals surface area contributed by atoms with E-state index in [0.29, 0.717) is 19.3 Å². The highest BCUT2D eigenvalue weighted by molar-refractivity contribution is 7.47. The molecule has 0 bridgehead atoms. The number of hydrogen-bond donors (Lipinski definition) is 1. The minimum atomic E-state index is -4.30. The topological polar surface area (TPSA) is 108 Å². The average molecular weight is 731 g/mol. The molecule has 0 aliphatic carbocycles. The van der Waals surface area contributed by atoms with Crippen LogP contribution in [0.3, 0.4) is 0 Å². The van der Waals surface area contributed by atoms with Crippen molar-refractivity contribution in [1.82, 2.24) is 0 Å². The molecule has 0 rings (SSSR count). The molecule has 0 saturated carbocycles. The Hall–Kier alpha value is -1.21. The zero-order chi connectivity index (χ0) is 36.8. The van der Waals surface area contributed by atoms with Gasteiger partial charge in [-0.05, 0) is 44.9 Å². The highest BCUT2D eigenvalue weighted by Gasteiger charge is 2.26. The Morgan fingerprint density at radius 2 is 0.920 bits per heavy atom. The number of ether oxygens (including phenoxy) is 2. The molecule has 50 heavy (non-hydrogen) atoms. The maximum Gasteiger partial charge on any atom is 0.472 e. The zero-order valence-corrected chi connectivity index (χ0v) is 33.7. The van der Waals surface area contributed by atoms with Crippen LogP contribution in [0.2, 0.25) is 0 Å². The number of phosphoric acid groups is 1. The van der Waals surface area contributed by atoms with Crippen molar-refractivity contribution in [1.29, 1.82) is 0 Å². The Labute approximate surface area is 308 Å². The molecule has 0 saturated heterocycles. The van der Waals surface area contributed by atoms with Gasteiger partial charge in [0.05, 0.1) is 13.2 Å². The largest absolute Gasteiger partial charge is 0.472 e. The van der Waals surface area contributed by atoms with Crippen LogP contribution in [-0.2, 0) is 32.7 Å². The molecular weight excluding hydrogens is 651 g/mol. The Morgan fingerprint density at radius 3 is 1.38 bits per heavy atom. The SMILES string of the molecule is CCCCCCCC/C=C\CCCCCCCC(=O)O[C@H](COC(=O)CCCCCCCCCCCCCCC)COP(=O)(O)OCCCC. The number of rotatable bonds is 39. The highest BCUT2D eigenvalue weighted by atomic mass is 31.2. The average Bonchev–Trinajstić information content (AvgIpc) is 3.09. The van der Waals surface area contributed by atoms with Gasteiger partial charge in [0, 0.05) is 12.8 Å². The van der Waals surface area contributed by atoms with E-state index in [4.69, 9.17) is 18.5 Å². The summed E-state index contributed by atoms with van der Waals surface area (Å²) in [6, 6.07) is 0. The lowest BCUT2D eigenvalue weighted by Gasteiger charge is -2.20. The number of phosphoric ester groups is 1. The number of carbonyl (C=O) groups is 2. The molecule has 2 atom stereocenters. The van der Waals surface area contributed by atoms with Gasteiger partial charge >= 0.3 is 19.8 Å². The van der Waals surface area contributed by atoms with Crippen LogP contribution in [-0.4, -0.2) is 42.8 Å². The maximum absolute atomic E-state index is 12.6. The van der Waals surface area contributed by atoms with Crippen molar-refractivity contribution in [3.05, 3.63) is 12.2 Å². The normalized spacial score (nSPS) is 13.4. The third-order valence-electron chi connectivity index (χ3n) is 9.03. The first-order chi connectivity index (χ1) is 24.3. The van der Waals surface area contributed by atoms with Gasteiger partial charge in [0.15, 0.2) is 6.10 Å². The third kappa shape index (κ3) is 36.6. The van der Waals surface area contributed by atoms with E-state index in [0.717, 1.165) is 57.8 Å². The van der Waals surface area contributed by atoms with Gasteiger partial charge in [-0.3, -0.25) is 18.6 Å². The van der Waals surface area contributed by atoms with E-state index < -0.39 is 19.9 Å². The van der Waals surface area contributed by atoms with Crippen LogP contribution in [0.25, 0.3) is 0 Å². The Bertz CT molecular complexity index is 833. The lowest BCUT2D eigenvalue weighted by Crippen LogP contribution is -2.29. The second kappa shape index (κ2) is 37.5. The molecular formula is C41H79O8P. The van der Waals surface area contributed by atoms with Crippen LogP contribution in [0.4, 0.5) is 0 Å². The van der Waals surface area contributed by atoms with E-state index in [1.54, 1.807) is 0 Å². The lowest BCUT2D eigenvalue weighted by molar-refractivity contribution is -0.161. The van der Waals surface area contributed by atoms with Crippen molar-refractivity contribution in [2.45, 2.75) is 219 Å². The number of unbranched alkanes of at least 4 members (excludes halogenated alkanes) is 24. The van der Waals surface area contributed by atoms with Gasteiger partial charge in [-0.2, -0.15) is 0 Å². The van der Waals surface area contributed by atoms with E-state index in [-0.39, 0.29) is 32.2 Å². The summed E-state index contributed by atoms with van der Waals surface area (Å²) in [5, 5.41) is 0. The highest BCUT2D eigenvalue weighted by Crippen LogP contribution is 2.43. The summed E-state index contributed by atoms with van der Waals surface area (Å²) in [6.07, 6.45) is 36.9. The maximum atomic E-state index is 12.6. The monoisotopic (exact) mass is 731 g/mol. The minimum Gasteiger partial charge on any atom is -0.462 e. The van der Waals surface area contributed by atoms with Crippen molar-refractivity contribution in [2.75, 3.05) is 19.8 Å². The van der Waals surface area contributed by atoms with Crippen LogP contribution in [0.15, 0.2) is 12.2 Å². The van der Waals surface area contributed by atoms with Gasteiger partial charge in [0.2, 0.25) is 0 Å². The van der Waals surface area contributed by atoms with Crippen molar-refractivity contribution in [2.24, 2.45) is 0 Å². The summed E-state index contributed by atoms with van der Waals surface area (Å²) in [5.74, 6) is -0.791. The first-order valence-electron chi connectivity index (χ1n) is 21.0. The van der Waals surface area contributed by atoms with E-state index in [9.17, 15) is 19.0 Å². The van der Waals surface area contributed by atoms with Crippen LogP contribution in [0.5, 0.6) is 0 Å². The molecule has 0 heterocycles. The molecule has 0 amide bonds. The fourth-order valence-electron chi connectivity index (χ4n) is 5.79. The molecule has 9 heteroatoms. The van der Waals surface area contributed by atoms with Crippen LogP contribution >= 0.6 is 7.82 Å². The summed E-state index contributed by atoms with van der Waals surface area (Å²) in [4.78, 5) is 35.0. The standard InChI is InChI=1S/C41H79O8P/c1-4-7-10-12-14-16-18-20-21-23-25-27-29-31-33-35-41(43)49-39(38-48-50(44,45)47-36-9-6-3)37-46-40(42)34-32-30-28-26-24-22-19-17-15-13-11-8-5-2/h20-21,39H,4-19,22-38H2,1-3H3,(H,44,45)/b21-20-/t39-/m1/s1. The third-order valence-corrected chi connectivity index (χ3v) is 10.0. The van der Waals surface area contributed by atoms with E-state index in [2.05, 4.69) is 26.0 Å². The molecule has 8 nitrogen and oxygen atoms in total. The van der Waals surface area contributed by atoms with Crippen LogP contribution in [0.1, 0.15) is 213 Å². The first kappa shape index (κ1) is 48.8. The van der Waals surface area contributed by atoms with Gasteiger partial charge in [0.25, 0.3) is 0 Å². The van der Waals surface area contributed by atoms with Crippen LogP contribution in [0, 0.1) is 0 Å². The summed E-state index contributed by atoms with van der Waals surface area (Å²) < 4.78 is 33.3. The molecule has 0 aromatic carbocycles. The molecule has 0 aromatic rings. The number of allylic oxidation sites excluding steroid dienone is 2. The second-order valence-corrected chi connectivity index (χ2v) is 15.5. The van der Waals surface area contributed by atoms with Gasteiger partial charge < -0.3 is 14.4 Å². The van der Waals surface area contributed by atoms with E-state index in [1.807, 2.05) is 6.92 Å². The Balaban J connectivity index is 4.25. The van der Waals surface area contributed by atoms with Crippen molar-refractivity contribution in [3.63, 3.8) is 0 Å². The fraction of sp³-hybridized carbons (Fsp3) is 0.902. The van der Waals surface area contributed by atoms with Gasteiger partial charge in [-0.15, -0.1) is 0 Å². The molecule has 0 aliphatic rings. The summed E-state index contributed by atoms with van der Waals surface area (Å²) >= 11 is 0. The fourth-order valence-corrected chi connectivity index (χ4v) is 6.57. The number of carbonyl (C=O) groups excluding carboxylic acids is 2. The molecule has 0 fully saturated rings. The molecule has 0 spiro atoms. The van der Waals surface area contributed by atoms with Crippen molar-refractivity contribution < 1.29 is 37.6 Å². The molecule has 1 N–H and O–H groups in total. The van der Waals surface area contributed by atoms with Gasteiger partial charge in [0.1, 0.15) is 6.61 Å². The quantitative estimate of drug-likeness (QED) is 0.0288. The number of esters is 2. The van der Waals surface area contributed by atoms with E-state index >= 15 is 0 Å².